The molecule has 0 bridgehead atoms. The summed E-state index contributed by atoms with van der Waals surface area (Å²) in [5.74, 6) is -2.41. The Hall–Kier alpha value is -2.54. The summed E-state index contributed by atoms with van der Waals surface area (Å²) in [6.07, 6.45) is 3.68. The fourth-order valence-corrected chi connectivity index (χ4v) is 2.58. The predicted octanol–water partition coefficient (Wildman–Crippen LogP) is 5.84. The highest BCUT2D eigenvalue weighted by Gasteiger charge is 2.14. The molecule has 0 unspecified atom stereocenters. The van der Waals surface area contributed by atoms with Crippen molar-refractivity contribution in [3.8, 4) is 5.75 Å². The molecule has 5 nitrogen and oxygen atoms in total. The first-order valence-corrected chi connectivity index (χ1v) is 10.2. The topological polar surface area (TPSA) is 83.8 Å². The lowest BCUT2D eigenvalue weighted by molar-refractivity contribution is 0.0678. The van der Waals surface area contributed by atoms with Crippen LogP contribution in [0, 0.1) is 5.82 Å². The molecule has 0 saturated heterocycles. The van der Waals surface area contributed by atoms with Crippen molar-refractivity contribution < 1.29 is 28.9 Å². The molecule has 7 heteroatoms. The highest BCUT2D eigenvalue weighted by Crippen LogP contribution is 2.22. The van der Waals surface area contributed by atoms with Crippen molar-refractivity contribution in [3.05, 3.63) is 59.4 Å². The van der Waals surface area contributed by atoms with Crippen LogP contribution in [0.15, 0.2) is 47.4 Å². The Balaban J connectivity index is 0.000000483. The Morgan fingerprint density at radius 3 is 2.18 bits per heavy atom. The van der Waals surface area contributed by atoms with Crippen LogP contribution in [0.2, 0.25) is 0 Å². The van der Waals surface area contributed by atoms with Gasteiger partial charge in [0.1, 0.15) is 22.7 Å². The summed E-state index contributed by atoms with van der Waals surface area (Å²) in [6.45, 7) is 6.63. The van der Waals surface area contributed by atoms with E-state index in [0.29, 0.717) is 17.3 Å². The number of benzene rings is 2. The average Bonchev–Trinajstić information content (AvgIpc) is 2.70. The van der Waals surface area contributed by atoms with Gasteiger partial charge in [0.2, 0.25) is 0 Å². The minimum atomic E-state index is -1.22. The number of hydrogen-bond donors (Lipinski definition) is 2. The number of aromatic carboxylic acids is 2. The zero-order valence-electron chi connectivity index (χ0n) is 16.6. The number of ether oxygens (including phenoxy) is 1. The zero-order chi connectivity index (χ0) is 21.5. The summed E-state index contributed by atoms with van der Waals surface area (Å²) in [5, 5.41) is 17.5. The highest BCUT2D eigenvalue weighted by atomic mass is 32.2. The molecule has 0 saturated carbocycles. The van der Waals surface area contributed by atoms with Gasteiger partial charge in [-0.05, 0) is 36.9 Å². The van der Waals surface area contributed by atoms with Gasteiger partial charge < -0.3 is 14.9 Å². The molecule has 0 spiro atoms. The van der Waals surface area contributed by atoms with E-state index in [-0.39, 0.29) is 11.1 Å². The fourth-order valence-electron chi connectivity index (χ4n) is 1.98. The SMILES string of the molecule is CC.CCCCOc1ccccc1C(=O)O.CSc1cccc(F)c1C(=O)O. The predicted molar refractivity (Wildman–Crippen MR) is 110 cm³/mol. The first-order chi connectivity index (χ1) is 13.4. The molecule has 0 aliphatic rings. The standard InChI is InChI=1S/C11H14O3.C8H7FO2S.C2H6/c1-2-3-8-14-10-7-5-4-6-9(10)11(12)13;1-12-6-4-2-3-5(9)7(6)8(10)11;1-2/h4-7H,2-3,8H2,1H3,(H,12,13);2-4H,1H3,(H,10,11);1-2H3. The maximum absolute atomic E-state index is 12.9. The lowest BCUT2D eigenvalue weighted by Crippen LogP contribution is -2.03. The summed E-state index contributed by atoms with van der Waals surface area (Å²) >= 11 is 1.22. The van der Waals surface area contributed by atoms with Crippen molar-refractivity contribution in [2.75, 3.05) is 12.9 Å². The van der Waals surface area contributed by atoms with Crippen molar-refractivity contribution in [2.24, 2.45) is 0 Å². The van der Waals surface area contributed by atoms with Crippen LogP contribution >= 0.6 is 11.8 Å². The molecule has 0 aromatic heterocycles. The monoisotopic (exact) mass is 410 g/mol. The molecule has 0 fully saturated rings. The van der Waals surface area contributed by atoms with E-state index in [1.807, 2.05) is 13.8 Å². The van der Waals surface area contributed by atoms with Gasteiger partial charge in [0.25, 0.3) is 0 Å². The van der Waals surface area contributed by atoms with E-state index in [4.69, 9.17) is 14.9 Å². The van der Waals surface area contributed by atoms with Gasteiger partial charge in [-0.15, -0.1) is 11.8 Å². The third kappa shape index (κ3) is 8.43. The second-order valence-electron chi connectivity index (χ2n) is 5.13. The third-order valence-electron chi connectivity index (χ3n) is 3.28. The molecule has 0 aliphatic heterocycles. The molecule has 2 rings (SSSR count). The van der Waals surface area contributed by atoms with Crippen LogP contribution in [-0.2, 0) is 0 Å². The van der Waals surface area contributed by atoms with E-state index in [9.17, 15) is 14.0 Å². The Bertz CT molecular complexity index is 749. The minimum Gasteiger partial charge on any atom is -0.493 e. The van der Waals surface area contributed by atoms with E-state index in [1.54, 1.807) is 36.6 Å². The zero-order valence-corrected chi connectivity index (χ0v) is 17.4. The third-order valence-corrected chi connectivity index (χ3v) is 4.06. The fraction of sp³-hybridized carbons (Fsp3) is 0.333. The van der Waals surface area contributed by atoms with Crippen LogP contribution in [0.1, 0.15) is 54.3 Å². The van der Waals surface area contributed by atoms with Gasteiger partial charge in [0.05, 0.1) is 6.61 Å². The molecule has 0 radical (unpaired) electrons. The molecular formula is C21H27FO5S. The van der Waals surface area contributed by atoms with Gasteiger partial charge in [-0.2, -0.15) is 0 Å². The Morgan fingerprint density at radius 1 is 1.04 bits per heavy atom. The first kappa shape index (κ1) is 25.5. The van der Waals surface area contributed by atoms with Crippen LogP contribution in [0.4, 0.5) is 4.39 Å². The second kappa shape index (κ2) is 14.5. The largest absolute Gasteiger partial charge is 0.493 e. The molecule has 2 N–H and O–H groups in total. The highest BCUT2D eigenvalue weighted by molar-refractivity contribution is 7.98. The van der Waals surface area contributed by atoms with Crippen LogP contribution in [0.5, 0.6) is 5.75 Å². The average molecular weight is 411 g/mol. The summed E-state index contributed by atoms with van der Waals surface area (Å²) < 4.78 is 18.3. The number of carboxylic acids is 2. The number of carboxylic acid groups (broad SMARTS) is 2. The van der Waals surface area contributed by atoms with E-state index in [0.717, 1.165) is 18.9 Å². The van der Waals surface area contributed by atoms with E-state index in [1.165, 1.54) is 17.8 Å². The quantitative estimate of drug-likeness (QED) is 0.441. The van der Waals surface area contributed by atoms with Crippen LogP contribution < -0.4 is 4.74 Å². The Labute approximate surface area is 169 Å². The normalized spacial score (nSPS) is 9.32. The first-order valence-electron chi connectivity index (χ1n) is 8.93. The van der Waals surface area contributed by atoms with Crippen LogP contribution in [0.25, 0.3) is 0 Å². The molecule has 0 heterocycles. The van der Waals surface area contributed by atoms with Crippen molar-refractivity contribution in [1.82, 2.24) is 0 Å². The van der Waals surface area contributed by atoms with Gasteiger partial charge in [0.15, 0.2) is 0 Å². The molecule has 2 aromatic carbocycles. The lowest BCUT2D eigenvalue weighted by Gasteiger charge is -2.07. The summed E-state index contributed by atoms with van der Waals surface area (Å²) in [4.78, 5) is 21.8. The number of thioether (sulfide) groups is 1. The number of rotatable bonds is 7. The Kier molecular flexibility index (Phi) is 13.2. The summed E-state index contributed by atoms with van der Waals surface area (Å²) in [5.41, 5.74) is -0.0198. The number of hydrogen-bond acceptors (Lipinski definition) is 4. The van der Waals surface area contributed by atoms with Crippen LogP contribution in [0.3, 0.4) is 0 Å². The Morgan fingerprint density at radius 2 is 1.68 bits per heavy atom. The van der Waals surface area contributed by atoms with Gasteiger partial charge in [-0.3, -0.25) is 0 Å². The van der Waals surface area contributed by atoms with Crippen molar-refractivity contribution in [1.29, 1.82) is 0 Å². The maximum Gasteiger partial charge on any atom is 0.339 e. The number of unbranched alkanes of at least 4 members (excludes halogenated alkanes) is 1. The molecule has 0 atom stereocenters. The maximum atomic E-state index is 12.9. The van der Waals surface area contributed by atoms with Gasteiger partial charge in [-0.25, -0.2) is 14.0 Å². The summed E-state index contributed by atoms with van der Waals surface area (Å²) in [6, 6.07) is 10.9. The molecule has 154 valence electrons. The molecule has 0 aliphatic carbocycles. The molecule has 28 heavy (non-hydrogen) atoms. The number of carbonyl (C=O) groups is 2. The molecular weight excluding hydrogens is 383 g/mol. The smallest absolute Gasteiger partial charge is 0.339 e. The number of halogens is 1. The van der Waals surface area contributed by atoms with Gasteiger partial charge in [0, 0.05) is 4.90 Å². The lowest BCUT2D eigenvalue weighted by atomic mass is 10.2. The molecule has 2 aromatic rings. The van der Waals surface area contributed by atoms with E-state index in [2.05, 4.69) is 6.92 Å². The summed E-state index contributed by atoms with van der Waals surface area (Å²) in [7, 11) is 0. The minimum absolute atomic E-state index is 0.226. The van der Waals surface area contributed by atoms with E-state index >= 15 is 0 Å². The van der Waals surface area contributed by atoms with Gasteiger partial charge in [-0.1, -0.05) is 45.4 Å². The van der Waals surface area contributed by atoms with E-state index < -0.39 is 17.8 Å². The van der Waals surface area contributed by atoms with Crippen molar-refractivity contribution >= 4 is 23.7 Å². The molecule has 0 amide bonds. The number of para-hydroxylation sites is 1. The second-order valence-corrected chi connectivity index (χ2v) is 5.97. The van der Waals surface area contributed by atoms with Crippen LogP contribution in [-0.4, -0.2) is 35.0 Å². The van der Waals surface area contributed by atoms with Crippen molar-refractivity contribution in [2.45, 2.75) is 38.5 Å². The van der Waals surface area contributed by atoms with Gasteiger partial charge >= 0.3 is 11.9 Å². The van der Waals surface area contributed by atoms with Crippen molar-refractivity contribution in [3.63, 3.8) is 0 Å².